The predicted octanol–water partition coefficient (Wildman–Crippen LogP) is 5.25. The Morgan fingerprint density at radius 3 is 2.79 bits per heavy atom. The number of benzene rings is 2. The van der Waals surface area contributed by atoms with Crippen LogP contribution in [0.25, 0.3) is 16.6 Å². The third-order valence-electron chi connectivity index (χ3n) is 4.58. The van der Waals surface area contributed by atoms with Gasteiger partial charge >= 0.3 is 0 Å². The molecule has 0 atom stereocenters. The number of nitrogens with one attached hydrogen (secondary N) is 1. The van der Waals surface area contributed by atoms with Gasteiger partial charge in [-0.05, 0) is 76.1 Å². The van der Waals surface area contributed by atoms with Gasteiger partial charge in [0.05, 0.1) is 17.0 Å². The highest BCUT2D eigenvalue weighted by Gasteiger charge is 2.14. The molecule has 0 unspecified atom stereocenters. The first-order valence-electron chi connectivity index (χ1n) is 9.01. The van der Waals surface area contributed by atoms with Gasteiger partial charge in [0, 0.05) is 4.47 Å². The Bertz CT molecular complexity index is 1190. The van der Waals surface area contributed by atoms with Crippen molar-refractivity contribution in [1.82, 2.24) is 14.6 Å². The van der Waals surface area contributed by atoms with E-state index in [1.54, 1.807) is 0 Å². The van der Waals surface area contributed by atoms with E-state index in [0.717, 1.165) is 43.9 Å². The topological polar surface area (TPSA) is 59.3 Å². The van der Waals surface area contributed by atoms with Crippen molar-refractivity contribution in [3.05, 3.63) is 64.1 Å². The van der Waals surface area contributed by atoms with Gasteiger partial charge < -0.3 is 5.32 Å². The molecule has 2 aromatic heterocycles. The van der Waals surface area contributed by atoms with Gasteiger partial charge in [-0.2, -0.15) is 0 Å². The summed E-state index contributed by atoms with van der Waals surface area (Å²) in [7, 11) is 0. The quantitative estimate of drug-likeness (QED) is 0.418. The molecule has 1 N–H and O–H groups in total. The van der Waals surface area contributed by atoms with Crippen LogP contribution in [0.2, 0.25) is 0 Å². The number of hydrogen-bond donors (Lipinski definition) is 1. The minimum Gasteiger partial charge on any atom is -0.324 e. The van der Waals surface area contributed by atoms with Gasteiger partial charge in [-0.1, -0.05) is 36.9 Å². The summed E-state index contributed by atoms with van der Waals surface area (Å²) < 4.78 is 2.90. The van der Waals surface area contributed by atoms with Gasteiger partial charge in [0.15, 0.2) is 10.8 Å². The van der Waals surface area contributed by atoms with Crippen molar-refractivity contribution >= 4 is 55.8 Å². The van der Waals surface area contributed by atoms with Gasteiger partial charge in [-0.25, -0.2) is 0 Å². The number of carbonyl (C=O) groups is 1. The summed E-state index contributed by atoms with van der Waals surface area (Å²) in [4.78, 5) is 12.4. The number of pyridine rings is 1. The van der Waals surface area contributed by atoms with E-state index >= 15 is 0 Å². The summed E-state index contributed by atoms with van der Waals surface area (Å²) in [5.74, 6) is 0.170. The Morgan fingerprint density at radius 1 is 1.18 bits per heavy atom. The molecule has 142 valence electrons. The van der Waals surface area contributed by atoms with Crippen LogP contribution in [0.4, 0.5) is 5.69 Å². The largest absolute Gasteiger partial charge is 0.324 e. The lowest BCUT2D eigenvalue weighted by Gasteiger charge is -2.09. The molecule has 7 heteroatoms. The molecule has 0 aliphatic carbocycles. The predicted molar refractivity (Wildman–Crippen MR) is 118 cm³/mol. The maximum absolute atomic E-state index is 12.4. The van der Waals surface area contributed by atoms with Gasteiger partial charge in [0.1, 0.15) is 0 Å². The van der Waals surface area contributed by atoms with Crippen LogP contribution >= 0.6 is 27.7 Å². The number of halogens is 1. The maximum Gasteiger partial charge on any atom is 0.234 e. The first-order valence-corrected chi connectivity index (χ1v) is 10.8. The van der Waals surface area contributed by atoms with E-state index in [2.05, 4.69) is 62.6 Å². The number of amides is 1. The molecule has 0 fully saturated rings. The number of nitrogens with zero attached hydrogens (tertiary/aromatic N) is 3. The smallest absolute Gasteiger partial charge is 0.234 e. The third-order valence-corrected chi connectivity index (χ3v) is 6.20. The van der Waals surface area contributed by atoms with E-state index in [0.29, 0.717) is 0 Å². The fraction of sp³-hybridized carbons (Fsp3) is 0.190. The highest BCUT2D eigenvalue weighted by atomic mass is 79.9. The molecular formula is C21H19BrN4OS. The number of carbonyl (C=O) groups excluding carboxylic acids is 1. The van der Waals surface area contributed by atoms with Gasteiger partial charge in [-0.15, -0.1) is 10.2 Å². The van der Waals surface area contributed by atoms with Gasteiger partial charge in [-0.3, -0.25) is 9.20 Å². The molecule has 0 saturated carbocycles. The second kappa shape index (κ2) is 7.93. The Balaban J connectivity index is 1.62. The lowest BCUT2D eigenvalue weighted by Crippen LogP contribution is -2.14. The molecule has 4 aromatic rings. The molecule has 0 bridgehead atoms. The van der Waals surface area contributed by atoms with E-state index in [1.165, 1.54) is 17.3 Å². The molecule has 0 saturated heterocycles. The molecule has 5 nitrogen and oxygen atoms in total. The minimum absolute atomic E-state index is 0.0844. The molecule has 0 radical (unpaired) electrons. The average Bonchev–Trinajstić information content (AvgIpc) is 3.13. The van der Waals surface area contributed by atoms with Crippen molar-refractivity contribution in [3.8, 4) is 0 Å². The van der Waals surface area contributed by atoms with Crippen LogP contribution in [0.5, 0.6) is 0 Å². The third kappa shape index (κ3) is 3.64. The zero-order valence-corrected chi connectivity index (χ0v) is 18.0. The standard InChI is InChI=1S/C21H19BrN4OS/c1-3-14-8-9-18-15(11-14)10-13(2)20-24-25-21(26(18)20)28-12-19(27)23-17-7-5-4-6-16(17)22/h4-11H,3,12H2,1-2H3,(H,23,27). The summed E-state index contributed by atoms with van der Waals surface area (Å²) in [6.45, 7) is 4.19. The van der Waals surface area contributed by atoms with Crippen LogP contribution in [0, 0.1) is 6.92 Å². The molecule has 2 aromatic carbocycles. The molecule has 1 amide bonds. The number of thioether (sulfide) groups is 1. The number of fused-ring (bicyclic) bond motifs is 3. The number of aromatic nitrogens is 3. The van der Waals surface area contributed by atoms with E-state index in [1.807, 2.05) is 35.6 Å². The fourth-order valence-corrected chi connectivity index (χ4v) is 4.28. The number of aryl methyl sites for hydroxylation is 2. The Kier molecular flexibility index (Phi) is 5.37. The van der Waals surface area contributed by atoms with Gasteiger partial charge in [0.25, 0.3) is 0 Å². The van der Waals surface area contributed by atoms with Crippen molar-refractivity contribution in [2.45, 2.75) is 25.4 Å². The normalized spacial score (nSPS) is 11.2. The number of para-hydroxylation sites is 1. The highest BCUT2D eigenvalue weighted by Crippen LogP contribution is 2.27. The molecule has 2 heterocycles. The number of rotatable bonds is 5. The summed E-state index contributed by atoms with van der Waals surface area (Å²) >= 11 is 4.83. The molecule has 28 heavy (non-hydrogen) atoms. The molecule has 0 aliphatic heterocycles. The minimum atomic E-state index is -0.0844. The van der Waals surface area contributed by atoms with Crippen molar-refractivity contribution in [1.29, 1.82) is 0 Å². The van der Waals surface area contributed by atoms with E-state index in [4.69, 9.17) is 0 Å². The van der Waals surface area contributed by atoms with Crippen molar-refractivity contribution in [3.63, 3.8) is 0 Å². The van der Waals surface area contributed by atoms with Crippen LogP contribution in [0.1, 0.15) is 18.1 Å². The SMILES string of the molecule is CCc1ccc2c(c1)cc(C)c1nnc(SCC(=O)Nc3ccccc3Br)n12. The maximum atomic E-state index is 12.4. The van der Waals surface area contributed by atoms with Crippen molar-refractivity contribution < 1.29 is 4.79 Å². The van der Waals surface area contributed by atoms with Crippen LogP contribution in [0.3, 0.4) is 0 Å². The van der Waals surface area contributed by atoms with Crippen molar-refractivity contribution in [2.24, 2.45) is 0 Å². The monoisotopic (exact) mass is 454 g/mol. The van der Waals surface area contributed by atoms with E-state index in [-0.39, 0.29) is 11.7 Å². The van der Waals surface area contributed by atoms with Crippen molar-refractivity contribution in [2.75, 3.05) is 11.1 Å². The molecule has 0 aliphatic rings. The van der Waals surface area contributed by atoms with Gasteiger partial charge in [0.2, 0.25) is 5.91 Å². The summed E-state index contributed by atoms with van der Waals surface area (Å²) in [5.41, 5.74) is 4.99. The fourth-order valence-electron chi connectivity index (χ4n) is 3.16. The Labute approximate surface area is 175 Å². The zero-order chi connectivity index (χ0) is 19.7. The lowest BCUT2D eigenvalue weighted by atomic mass is 10.1. The number of hydrogen-bond acceptors (Lipinski definition) is 4. The summed E-state index contributed by atoms with van der Waals surface area (Å²) in [6, 6.07) is 16.1. The summed E-state index contributed by atoms with van der Waals surface area (Å²) in [6.07, 6.45) is 0.992. The molecule has 0 spiro atoms. The first-order chi connectivity index (χ1) is 13.6. The highest BCUT2D eigenvalue weighted by molar-refractivity contribution is 9.10. The Morgan fingerprint density at radius 2 is 2.00 bits per heavy atom. The average molecular weight is 455 g/mol. The van der Waals surface area contributed by atoms with Crippen LogP contribution in [0.15, 0.2) is 58.2 Å². The molecular weight excluding hydrogens is 436 g/mol. The van der Waals surface area contributed by atoms with E-state index in [9.17, 15) is 4.79 Å². The second-order valence-corrected chi connectivity index (χ2v) is 8.33. The zero-order valence-electron chi connectivity index (χ0n) is 15.6. The Hall–Kier alpha value is -2.38. The summed E-state index contributed by atoms with van der Waals surface area (Å²) in [5, 5.41) is 13.5. The first kappa shape index (κ1) is 19.0. The van der Waals surface area contributed by atoms with Crippen LogP contribution in [-0.4, -0.2) is 26.3 Å². The lowest BCUT2D eigenvalue weighted by molar-refractivity contribution is -0.113. The van der Waals surface area contributed by atoms with E-state index < -0.39 is 0 Å². The number of anilines is 1. The van der Waals surface area contributed by atoms with Crippen LogP contribution in [-0.2, 0) is 11.2 Å². The van der Waals surface area contributed by atoms with Crippen LogP contribution < -0.4 is 5.32 Å². The second-order valence-electron chi connectivity index (χ2n) is 6.53. The molecule has 4 rings (SSSR count).